The normalized spacial score (nSPS) is 10.4. The molecule has 1 heterocycles. The van der Waals surface area contributed by atoms with E-state index in [1.54, 1.807) is 4.68 Å². The smallest absolute Gasteiger partial charge is 0.195 e. The molecule has 0 N–H and O–H groups in total. The summed E-state index contributed by atoms with van der Waals surface area (Å²) < 4.78 is 2.50. The van der Waals surface area contributed by atoms with Crippen molar-refractivity contribution in [1.82, 2.24) is 14.8 Å². The Labute approximate surface area is 94.9 Å². The number of nitrogens with zero attached hydrogens (tertiary/aromatic N) is 3. The molecule has 0 radical (unpaired) electrons. The molecule has 0 spiro atoms. The predicted molar refractivity (Wildman–Crippen MR) is 58.3 cm³/mol. The Morgan fingerprint density at radius 3 is 2.57 bits per heavy atom. The molecular formula is C9H7BrClN3. The van der Waals surface area contributed by atoms with Gasteiger partial charge in [0, 0.05) is 5.02 Å². The Bertz CT molecular complexity index is 424. The third-order valence-electron chi connectivity index (χ3n) is 1.81. The van der Waals surface area contributed by atoms with E-state index in [-0.39, 0.29) is 0 Å². The lowest BCUT2D eigenvalue weighted by Crippen LogP contribution is -2.01. The predicted octanol–water partition coefficient (Wildman–Crippen LogP) is 2.74. The molecule has 1 aromatic carbocycles. The van der Waals surface area contributed by atoms with Crippen LogP contribution in [0.3, 0.4) is 0 Å². The van der Waals surface area contributed by atoms with Crippen molar-refractivity contribution in [3.05, 3.63) is 45.9 Å². The third kappa shape index (κ3) is 2.13. The number of aromatic nitrogens is 3. The summed E-state index contributed by atoms with van der Waals surface area (Å²) in [5, 5.41) is 4.80. The summed E-state index contributed by atoms with van der Waals surface area (Å²) in [6.45, 7) is 0.692. The van der Waals surface area contributed by atoms with Crippen LogP contribution in [0.4, 0.5) is 0 Å². The first-order valence-corrected chi connectivity index (χ1v) is 5.20. The molecule has 2 rings (SSSR count). The highest BCUT2D eigenvalue weighted by atomic mass is 79.9. The van der Waals surface area contributed by atoms with Crippen LogP contribution in [0.5, 0.6) is 0 Å². The first kappa shape index (κ1) is 9.68. The largest absolute Gasteiger partial charge is 0.236 e. The Hall–Kier alpha value is -0.870. The van der Waals surface area contributed by atoms with Crippen molar-refractivity contribution >= 4 is 27.5 Å². The average Bonchev–Trinajstić information content (AvgIpc) is 2.56. The van der Waals surface area contributed by atoms with Crippen LogP contribution < -0.4 is 0 Å². The molecule has 72 valence electrons. The zero-order valence-electron chi connectivity index (χ0n) is 7.19. The summed E-state index contributed by atoms with van der Waals surface area (Å²) in [6.07, 6.45) is 1.51. The molecule has 0 bridgehead atoms. The van der Waals surface area contributed by atoms with E-state index in [4.69, 9.17) is 11.6 Å². The van der Waals surface area contributed by atoms with Crippen molar-refractivity contribution in [1.29, 1.82) is 0 Å². The Morgan fingerprint density at radius 2 is 2.00 bits per heavy atom. The zero-order chi connectivity index (χ0) is 9.97. The molecule has 0 unspecified atom stereocenters. The van der Waals surface area contributed by atoms with Crippen molar-refractivity contribution in [2.24, 2.45) is 0 Å². The van der Waals surface area contributed by atoms with Gasteiger partial charge in [-0.25, -0.2) is 9.67 Å². The maximum absolute atomic E-state index is 5.78. The van der Waals surface area contributed by atoms with Crippen LogP contribution in [-0.4, -0.2) is 14.8 Å². The van der Waals surface area contributed by atoms with Gasteiger partial charge in [0.05, 0.1) is 6.54 Å². The van der Waals surface area contributed by atoms with E-state index in [1.807, 2.05) is 24.3 Å². The number of rotatable bonds is 2. The van der Waals surface area contributed by atoms with Crippen LogP contribution in [-0.2, 0) is 6.54 Å². The Balaban J connectivity index is 2.19. The molecular weight excluding hydrogens is 265 g/mol. The van der Waals surface area contributed by atoms with Gasteiger partial charge in [0.2, 0.25) is 0 Å². The van der Waals surface area contributed by atoms with Gasteiger partial charge in [0.1, 0.15) is 6.33 Å². The molecule has 0 aliphatic carbocycles. The summed E-state index contributed by atoms with van der Waals surface area (Å²) in [5.74, 6) is 0. The monoisotopic (exact) mass is 271 g/mol. The maximum atomic E-state index is 5.78. The van der Waals surface area contributed by atoms with Gasteiger partial charge in [0.15, 0.2) is 4.73 Å². The SMILES string of the molecule is Clc1ccc(Cn2ncnc2Br)cc1. The molecule has 1 aromatic heterocycles. The molecule has 0 fully saturated rings. The van der Waals surface area contributed by atoms with Crippen molar-refractivity contribution < 1.29 is 0 Å². The van der Waals surface area contributed by atoms with Gasteiger partial charge in [0.25, 0.3) is 0 Å². The van der Waals surface area contributed by atoms with Gasteiger partial charge in [-0.05, 0) is 33.6 Å². The van der Waals surface area contributed by atoms with Crippen molar-refractivity contribution in [3.63, 3.8) is 0 Å². The highest BCUT2D eigenvalue weighted by Gasteiger charge is 2.00. The van der Waals surface area contributed by atoms with Crippen LogP contribution in [0, 0.1) is 0 Å². The summed E-state index contributed by atoms with van der Waals surface area (Å²) in [4.78, 5) is 3.97. The van der Waals surface area contributed by atoms with Gasteiger partial charge < -0.3 is 0 Å². The number of hydrogen-bond donors (Lipinski definition) is 0. The molecule has 0 aliphatic rings. The molecule has 3 nitrogen and oxygen atoms in total. The molecule has 5 heteroatoms. The summed E-state index contributed by atoms with van der Waals surface area (Å²) >= 11 is 9.08. The van der Waals surface area contributed by atoms with E-state index in [1.165, 1.54) is 6.33 Å². The minimum atomic E-state index is 0.692. The quantitative estimate of drug-likeness (QED) is 0.841. The van der Waals surface area contributed by atoms with E-state index >= 15 is 0 Å². The zero-order valence-corrected chi connectivity index (χ0v) is 9.53. The van der Waals surface area contributed by atoms with Crippen LogP contribution >= 0.6 is 27.5 Å². The van der Waals surface area contributed by atoms with Crippen LogP contribution in [0.25, 0.3) is 0 Å². The molecule has 0 atom stereocenters. The standard InChI is InChI=1S/C9H7BrClN3/c10-9-12-6-13-14(9)5-7-1-3-8(11)4-2-7/h1-4,6H,5H2. The second-order valence-electron chi connectivity index (χ2n) is 2.81. The van der Waals surface area contributed by atoms with Crippen LogP contribution in [0.2, 0.25) is 5.02 Å². The van der Waals surface area contributed by atoms with Crippen molar-refractivity contribution in [2.75, 3.05) is 0 Å². The van der Waals surface area contributed by atoms with Crippen molar-refractivity contribution in [3.8, 4) is 0 Å². The molecule has 14 heavy (non-hydrogen) atoms. The van der Waals surface area contributed by atoms with Gasteiger partial charge in [-0.1, -0.05) is 23.7 Å². The molecule has 2 aromatic rings. The topological polar surface area (TPSA) is 30.7 Å². The number of hydrogen-bond acceptors (Lipinski definition) is 2. The molecule has 0 aliphatic heterocycles. The number of halogens is 2. The highest BCUT2D eigenvalue weighted by Crippen LogP contribution is 2.12. The summed E-state index contributed by atoms with van der Waals surface area (Å²) in [5.41, 5.74) is 1.14. The second kappa shape index (κ2) is 4.11. The molecule has 0 amide bonds. The van der Waals surface area contributed by atoms with Gasteiger partial charge in [-0.2, -0.15) is 5.10 Å². The fraction of sp³-hybridized carbons (Fsp3) is 0.111. The molecule has 0 saturated carbocycles. The fourth-order valence-corrected chi connectivity index (χ4v) is 1.55. The fourth-order valence-electron chi connectivity index (χ4n) is 1.12. The second-order valence-corrected chi connectivity index (χ2v) is 3.96. The van der Waals surface area contributed by atoms with Gasteiger partial charge >= 0.3 is 0 Å². The summed E-state index contributed by atoms with van der Waals surface area (Å²) in [6, 6.07) is 7.66. The lowest BCUT2D eigenvalue weighted by Gasteiger charge is -2.02. The van der Waals surface area contributed by atoms with E-state index in [0.29, 0.717) is 6.54 Å². The van der Waals surface area contributed by atoms with E-state index in [9.17, 15) is 0 Å². The number of benzene rings is 1. The minimum absolute atomic E-state index is 0.692. The van der Waals surface area contributed by atoms with Crippen molar-refractivity contribution in [2.45, 2.75) is 6.54 Å². The summed E-state index contributed by atoms with van der Waals surface area (Å²) in [7, 11) is 0. The highest BCUT2D eigenvalue weighted by molar-refractivity contribution is 9.10. The third-order valence-corrected chi connectivity index (χ3v) is 2.68. The van der Waals surface area contributed by atoms with Gasteiger partial charge in [-0.3, -0.25) is 0 Å². The van der Waals surface area contributed by atoms with Crippen LogP contribution in [0.1, 0.15) is 5.56 Å². The first-order valence-electron chi connectivity index (χ1n) is 4.03. The average molecular weight is 273 g/mol. The Morgan fingerprint density at radius 1 is 1.29 bits per heavy atom. The van der Waals surface area contributed by atoms with E-state index in [2.05, 4.69) is 26.0 Å². The van der Waals surface area contributed by atoms with E-state index < -0.39 is 0 Å². The van der Waals surface area contributed by atoms with E-state index in [0.717, 1.165) is 15.3 Å². The van der Waals surface area contributed by atoms with Crippen LogP contribution in [0.15, 0.2) is 35.3 Å². The Kier molecular flexibility index (Phi) is 2.84. The lowest BCUT2D eigenvalue weighted by molar-refractivity contribution is 0.668. The molecule has 0 saturated heterocycles. The maximum Gasteiger partial charge on any atom is 0.195 e. The van der Waals surface area contributed by atoms with Gasteiger partial charge in [-0.15, -0.1) is 0 Å². The first-order chi connectivity index (χ1) is 6.75. The lowest BCUT2D eigenvalue weighted by atomic mass is 10.2. The minimum Gasteiger partial charge on any atom is -0.236 e.